The van der Waals surface area contributed by atoms with Gasteiger partial charge in [-0.3, -0.25) is 0 Å². The SMILES string of the molecule is CCNc1nc(C)cc(N2CCN(c3cc(C)nc4ncnn34)CC2)n1. The maximum Gasteiger partial charge on any atom is 0.254 e. The lowest BCUT2D eigenvalue weighted by molar-refractivity contribution is 0.632. The number of nitrogens with one attached hydrogen (secondary N) is 1. The third-order valence-electron chi connectivity index (χ3n) is 4.46. The number of hydrogen-bond acceptors (Lipinski definition) is 8. The summed E-state index contributed by atoms with van der Waals surface area (Å²) in [5.74, 6) is 3.35. The number of aromatic nitrogens is 6. The Balaban J connectivity index is 1.53. The molecule has 26 heavy (non-hydrogen) atoms. The Morgan fingerprint density at radius 1 is 0.962 bits per heavy atom. The molecule has 136 valence electrons. The molecular weight excluding hydrogens is 330 g/mol. The molecule has 4 rings (SSSR count). The zero-order chi connectivity index (χ0) is 18.1. The molecule has 0 atom stereocenters. The van der Waals surface area contributed by atoms with Crippen LogP contribution in [0.1, 0.15) is 18.3 Å². The van der Waals surface area contributed by atoms with E-state index in [9.17, 15) is 0 Å². The highest BCUT2D eigenvalue weighted by atomic mass is 15.4. The highest BCUT2D eigenvalue weighted by Crippen LogP contribution is 2.21. The van der Waals surface area contributed by atoms with E-state index in [4.69, 9.17) is 0 Å². The summed E-state index contributed by atoms with van der Waals surface area (Å²) in [6.07, 6.45) is 1.55. The molecule has 1 saturated heterocycles. The highest BCUT2D eigenvalue weighted by Gasteiger charge is 2.21. The topological polar surface area (TPSA) is 87.4 Å². The van der Waals surface area contributed by atoms with E-state index in [1.54, 1.807) is 10.8 Å². The average Bonchev–Trinajstić information content (AvgIpc) is 3.09. The summed E-state index contributed by atoms with van der Waals surface area (Å²) in [5.41, 5.74) is 1.92. The maximum atomic E-state index is 4.65. The molecule has 1 N–H and O–H groups in total. The molecule has 1 aliphatic heterocycles. The molecular formula is C17H23N9. The van der Waals surface area contributed by atoms with Crippen LogP contribution in [0.2, 0.25) is 0 Å². The van der Waals surface area contributed by atoms with E-state index in [1.807, 2.05) is 26.8 Å². The minimum Gasteiger partial charge on any atom is -0.354 e. The number of fused-ring (bicyclic) bond motifs is 1. The normalized spacial score (nSPS) is 14.9. The van der Waals surface area contributed by atoms with Gasteiger partial charge in [-0.15, -0.1) is 0 Å². The minimum atomic E-state index is 0.643. The van der Waals surface area contributed by atoms with Gasteiger partial charge in [-0.05, 0) is 20.8 Å². The molecule has 0 bridgehead atoms. The molecule has 4 heterocycles. The lowest BCUT2D eigenvalue weighted by Crippen LogP contribution is -2.47. The smallest absolute Gasteiger partial charge is 0.254 e. The fraction of sp³-hybridized carbons (Fsp3) is 0.471. The van der Waals surface area contributed by atoms with Gasteiger partial charge < -0.3 is 15.1 Å². The van der Waals surface area contributed by atoms with E-state index in [0.29, 0.717) is 11.7 Å². The van der Waals surface area contributed by atoms with Crippen molar-refractivity contribution in [2.45, 2.75) is 20.8 Å². The second-order valence-electron chi connectivity index (χ2n) is 6.42. The van der Waals surface area contributed by atoms with E-state index in [1.165, 1.54) is 0 Å². The van der Waals surface area contributed by atoms with Gasteiger partial charge in [0, 0.05) is 56.2 Å². The van der Waals surface area contributed by atoms with Gasteiger partial charge in [0.25, 0.3) is 5.78 Å². The summed E-state index contributed by atoms with van der Waals surface area (Å²) in [6.45, 7) is 10.4. The van der Waals surface area contributed by atoms with Crippen LogP contribution < -0.4 is 15.1 Å². The third-order valence-corrected chi connectivity index (χ3v) is 4.46. The van der Waals surface area contributed by atoms with Gasteiger partial charge in [-0.2, -0.15) is 19.6 Å². The molecule has 0 saturated carbocycles. The summed E-state index contributed by atoms with van der Waals surface area (Å²) < 4.78 is 1.81. The number of piperazine rings is 1. The van der Waals surface area contributed by atoms with Crippen LogP contribution in [-0.4, -0.2) is 62.3 Å². The average molecular weight is 353 g/mol. The Bertz CT molecular complexity index is 912. The van der Waals surface area contributed by atoms with Crippen LogP contribution in [0.5, 0.6) is 0 Å². The first-order valence-corrected chi connectivity index (χ1v) is 8.91. The summed E-state index contributed by atoms with van der Waals surface area (Å²) >= 11 is 0. The van der Waals surface area contributed by atoms with E-state index in [-0.39, 0.29) is 0 Å². The number of nitrogens with zero attached hydrogens (tertiary/aromatic N) is 8. The lowest BCUT2D eigenvalue weighted by Gasteiger charge is -2.36. The van der Waals surface area contributed by atoms with Crippen molar-refractivity contribution in [2.75, 3.05) is 47.8 Å². The van der Waals surface area contributed by atoms with E-state index in [0.717, 1.165) is 55.7 Å². The quantitative estimate of drug-likeness (QED) is 0.751. The van der Waals surface area contributed by atoms with Crippen molar-refractivity contribution >= 4 is 23.4 Å². The van der Waals surface area contributed by atoms with Crippen molar-refractivity contribution < 1.29 is 0 Å². The molecule has 1 aliphatic rings. The number of anilines is 3. The van der Waals surface area contributed by atoms with Crippen molar-refractivity contribution in [3.63, 3.8) is 0 Å². The summed E-state index contributed by atoms with van der Waals surface area (Å²) in [6, 6.07) is 4.11. The molecule has 1 fully saturated rings. The van der Waals surface area contributed by atoms with Crippen LogP contribution in [0.4, 0.5) is 17.6 Å². The summed E-state index contributed by atoms with van der Waals surface area (Å²) in [7, 11) is 0. The molecule has 0 aliphatic carbocycles. The lowest BCUT2D eigenvalue weighted by atomic mass is 10.3. The van der Waals surface area contributed by atoms with E-state index < -0.39 is 0 Å². The molecule has 0 unspecified atom stereocenters. The fourth-order valence-electron chi connectivity index (χ4n) is 3.25. The molecule has 0 radical (unpaired) electrons. The van der Waals surface area contributed by atoms with Crippen molar-refractivity contribution in [1.82, 2.24) is 29.5 Å². The Labute approximate surface area is 152 Å². The number of aryl methyl sites for hydroxylation is 2. The maximum absolute atomic E-state index is 4.65. The Hall–Kier alpha value is -2.97. The predicted octanol–water partition coefficient (Wildman–Crippen LogP) is 1.29. The van der Waals surface area contributed by atoms with Crippen molar-refractivity contribution in [1.29, 1.82) is 0 Å². The third kappa shape index (κ3) is 3.12. The molecule has 9 heteroatoms. The summed E-state index contributed by atoms with van der Waals surface area (Å²) in [4.78, 5) is 22.3. The zero-order valence-corrected chi connectivity index (χ0v) is 15.3. The van der Waals surface area contributed by atoms with Gasteiger partial charge in [-0.1, -0.05) is 0 Å². The van der Waals surface area contributed by atoms with Gasteiger partial charge in [0.1, 0.15) is 18.0 Å². The van der Waals surface area contributed by atoms with Gasteiger partial charge in [-0.25, -0.2) is 9.97 Å². The highest BCUT2D eigenvalue weighted by molar-refractivity contribution is 5.51. The van der Waals surface area contributed by atoms with Crippen LogP contribution in [-0.2, 0) is 0 Å². The summed E-state index contributed by atoms with van der Waals surface area (Å²) in [5, 5.41) is 7.52. The number of hydrogen-bond donors (Lipinski definition) is 1. The van der Waals surface area contributed by atoms with Crippen LogP contribution in [0.25, 0.3) is 5.78 Å². The fourth-order valence-corrected chi connectivity index (χ4v) is 3.25. The van der Waals surface area contributed by atoms with Gasteiger partial charge in [0.15, 0.2) is 0 Å². The van der Waals surface area contributed by atoms with Crippen LogP contribution in [0.3, 0.4) is 0 Å². The molecule has 0 amide bonds. The first-order chi connectivity index (χ1) is 12.6. The van der Waals surface area contributed by atoms with Crippen molar-refractivity contribution in [2.24, 2.45) is 0 Å². The van der Waals surface area contributed by atoms with E-state index in [2.05, 4.69) is 46.2 Å². The first-order valence-electron chi connectivity index (χ1n) is 8.91. The molecule has 0 aromatic carbocycles. The first kappa shape index (κ1) is 16.5. The minimum absolute atomic E-state index is 0.643. The van der Waals surface area contributed by atoms with Crippen molar-refractivity contribution in [3.05, 3.63) is 29.8 Å². The molecule has 9 nitrogen and oxygen atoms in total. The van der Waals surface area contributed by atoms with Crippen LogP contribution in [0, 0.1) is 13.8 Å². The molecule has 3 aromatic rings. The monoisotopic (exact) mass is 353 g/mol. The van der Waals surface area contributed by atoms with Crippen LogP contribution in [0.15, 0.2) is 18.5 Å². The largest absolute Gasteiger partial charge is 0.354 e. The van der Waals surface area contributed by atoms with Gasteiger partial charge >= 0.3 is 0 Å². The standard InChI is InChI=1S/C17H23N9/c1-4-18-16-21-12(2)9-14(23-16)24-5-7-25(8-6-24)15-10-13(3)22-17-19-11-20-26(15)17/h9-11H,4-8H2,1-3H3,(H,18,21,23). The van der Waals surface area contributed by atoms with Gasteiger partial charge in [0.05, 0.1) is 0 Å². The van der Waals surface area contributed by atoms with E-state index >= 15 is 0 Å². The number of rotatable bonds is 4. The predicted molar refractivity (Wildman–Crippen MR) is 101 cm³/mol. The Kier molecular flexibility index (Phi) is 4.27. The van der Waals surface area contributed by atoms with Crippen molar-refractivity contribution in [3.8, 4) is 0 Å². The molecule has 0 spiro atoms. The second-order valence-corrected chi connectivity index (χ2v) is 6.42. The molecule has 3 aromatic heterocycles. The van der Waals surface area contributed by atoms with Crippen LogP contribution >= 0.6 is 0 Å². The Morgan fingerprint density at radius 3 is 2.46 bits per heavy atom. The zero-order valence-electron chi connectivity index (χ0n) is 15.3. The van der Waals surface area contributed by atoms with Gasteiger partial charge in [0.2, 0.25) is 5.95 Å². The Morgan fingerprint density at radius 2 is 1.69 bits per heavy atom. The second kappa shape index (κ2) is 6.74.